The largest absolute Gasteiger partial charge is 0.456 e. The molecule has 0 aliphatic carbocycles. The van der Waals surface area contributed by atoms with Crippen LogP contribution in [0.2, 0.25) is 0 Å². The van der Waals surface area contributed by atoms with Crippen molar-refractivity contribution < 1.29 is 8.83 Å². The van der Waals surface area contributed by atoms with Crippen molar-refractivity contribution in [2.45, 2.75) is 0 Å². The van der Waals surface area contributed by atoms with Crippen LogP contribution in [-0.4, -0.2) is 4.57 Å². The molecule has 8 aromatic carbocycles. The highest BCUT2D eigenvalue weighted by Gasteiger charge is 2.26. The van der Waals surface area contributed by atoms with Crippen LogP contribution in [0.1, 0.15) is 0 Å². The Morgan fingerprint density at radius 2 is 0.863 bits per heavy atom. The Labute approximate surface area is 292 Å². The summed E-state index contributed by atoms with van der Waals surface area (Å²) in [7, 11) is 0. The molecule has 4 heterocycles. The van der Waals surface area contributed by atoms with Crippen molar-refractivity contribution in [1.29, 1.82) is 0 Å². The second-order valence-corrected chi connectivity index (χ2v) is 13.6. The van der Waals surface area contributed by atoms with Crippen LogP contribution in [0.3, 0.4) is 0 Å². The fourth-order valence-electron chi connectivity index (χ4n) is 8.81. The molecular weight excluding hydrogens is 623 g/mol. The molecule has 1 aliphatic heterocycles. The molecule has 51 heavy (non-hydrogen) atoms. The van der Waals surface area contributed by atoms with E-state index in [1.54, 1.807) is 0 Å². The Kier molecular flexibility index (Phi) is 5.23. The van der Waals surface area contributed by atoms with Crippen molar-refractivity contribution in [2.24, 2.45) is 0 Å². The van der Waals surface area contributed by atoms with Crippen LogP contribution in [0.5, 0.6) is 0 Å². The Morgan fingerprint density at radius 3 is 1.57 bits per heavy atom. The van der Waals surface area contributed by atoms with E-state index in [2.05, 4.69) is 156 Å². The molecule has 12 rings (SSSR count). The third-order valence-electron chi connectivity index (χ3n) is 10.9. The average molecular weight is 650 g/mol. The normalized spacial score (nSPS) is 12.3. The van der Waals surface area contributed by atoms with E-state index in [4.69, 9.17) is 8.83 Å². The molecule has 1 aliphatic rings. The number of benzene rings is 8. The highest BCUT2D eigenvalue weighted by atomic mass is 16.3. The zero-order valence-corrected chi connectivity index (χ0v) is 27.4. The van der Waals surface area contributed by atoms with Gasteiger partial charge in [0.2, 0.25) is 0 Å². The second kappa shape index (κ2) is 9.87. The summed E-state index contributed by atoms with van der Waals surface area (Å²) in [6, 6.07) is 59.0. The molecule has 0 radical (unpaired) electrons. The molecule has 0 atom stereocenters. The summed E-state index contributed by atoms with van der Waals surface area (Å²) >= 11 is 0. The van der Waals surface area contributed by atoms with Crippen molar-refractivity contribution in [3.05, 3.63) is 164 Å². The number of aromatic nitrogens is 1. The molecule has 0 spiro atoms. The minimum absolute atomic E-state index is 0.905. The van der Waals surface area contributed by atoms with Crippen molar-refractivity contribution in [3.8, 4) is 50.2 Å². The summed E-state index contributed by atoms with van der Waals surface area (Å²) < 4.78 is 15.1. The third kappa shape index (κ3) is 3.62. The highest BCUT2D eigenvalue weighted by Crippen LogP contribution is 2.50. The average Bonchev–Trinajstić information content (AvgIpc) is 3.84. The fraction of sp³-hybridized carbons (Fsp3) is 0. The number of nitrogens with zero attached hydrogens (tertiary/aromatic N) is 1. The van der Waals surface area contributed by atoms with E-state index < -0.39 is 0 Å². The number of hydrogen-bond donors (Lipinski definition) is 0. The molecule has 3 aromatic heterocycles. The molecule has 0 fully saturated rings. The zero-order chi connectivity index (χ0) is 33.2. The Hall–Kier alpha value is -6.84. The van der Waals surface area contributed by atoms with Gasteiger partial charge in [0.1, 0.15) is 22.3 Å². The van der Waals surface area contributed by atoms with Gasteiger partial charge in [-0.3, -0.25) is 0 Å². The van der Waals surface area contributed by atoms with Crippen LogP contribution in [-0.2, 0) is 0 Å². The molecule has 0 bridgehead atoms. The van der Waals surface area contributed by atoms with E-state index in [1.165, 1.54) is 72.0 Å². The van der Waals surface area contributed by atoms with Crippen LogP contribution >= 0.6 is 0 Å². The molecule has 0 unspecified atom stereocenters. The Morgan fingerprint density at radius 1 is 0.333 bits per heavy atom. The SMILES string of the molecule is c1ccc2c(c1)-c1cc(-c3cccc4oc5ccccc5c34)ccc1-n1c3ccccc3c3cc(-c4cccc5oc6ccccc6c45)cc-2c31. The van der Waals surface area contributed by atoms with Crippen molar-refractivity contribution in [2.75, 3.05) is 0 Å². The first-order valence-electron chi connectivity index (χ1n) is 17.4. The van der Waals surface area contributed by atoms with Crippen LogP contribution in [0, 0.1) is 0 Å². The van der Waals surface area contributed by atoms with E-state index in [0.29, 0.717) is 0 Å². The van der Waals surface area contributed by atoms with Crippen molar-refractivity contribution in [1.82, 2.24) is 4.57 Å². The molecule has 0 amide bonds. The lowest BCUT2D eigenvalue weighted by Gasteiger charge is -2.15. The predicted molar refractivity (Wildman–Crippen MR) is 211 cm³/mol. The van der Waals surface area contributed by atoms with Gasteiger partial charge in [-0.1, -0.05) is 109 Å². The molecule has 11 aromatic rings. The first-order chi connectivity index (χ1) is 25.3. The van der Waals surface area contributed by atoms with Crippen LogP contribution in [0.15, 0.2) is 173 Å². The minimum Gasteiger partial charge on any atom is -0.456 e. The van der Waals surface area contributed by atoms with E-state index in [9.17, 15) is 0 Å². The van der Waals surface area contributed by atoms with Gasteiger partial charge in [-0.15, -0.1) is 0 Å². The lowest BCUT2D eigenvalue weighted by molar-refractivity contribution is 0.668. The molecular formula is C48H27NO2. The second-order valence-electron chi connectivity index (χ2n) is 13.6. The molecule has 236 valence electrons. The van der Waals surface area contributed by atoms with Gasteiger partial charge < -0.3 is 13.4 Å². The van der Waals surface area contributed by atoms with Crippen molar-refractivity contribution in [3.63, 3.8) is 0 Å². The topological polar surface area (TPSA) is 31.2 Å². The summed E-state index contributed by atoms with van der Waals surface area (Å²) in [5.41, 5.74) is 16.8. The number of furan rings is 2. The summed E-state index contributed by atoms with van der Waals surface area (Å²) in [5, 5.41) is 7.05. The molecule has 3 nitrogen and oxygen atoms in total. The first-order valence-corrected chi connectivity index (χ1v) is 17.4. The summed E-state index contributed by atoms with van der Waals surface area (Å²) in [5.74, 6) is 0. The fourth-order valence-corrected chi connectivity index (χ4v) is 8.81. The van der Waals surface area contributed by atoms with Crippen LogP contribution in [0.4, 0.5) is 0 Å². The van der Waals surface area contributed by atoms with Crippen LogP contribution in [0.25, 0.3) is 116 Å². The van der Waals surface area contributed by atoms with Gasteiger partial charge in [0, 0.05) is 43.4 Å². The van der Waals surface area contributed by atoms with E-state index in [1.807, 2.05) is 12.1 Å². The van der Waals surface area contributed by atoms with Gasteiger partial charge >= 0.3 is 0 Å². The predicted octanol–water partition coefficient (Wildman–Crippen LogP) is 13.6. The summed E-state index contributed by atoms with van der Waals surface area (Å²) in [6.07, 6.45) is 0. The van der Waals surface area contributed by atoms with E-state index in [-0.39, 0.29) is 0 Å². The van der Waals surface area contributed by atoms with Gasteiger partial charge in [-0.05, 0) is 88.0 Å². The first kappa shape index (κ1) is 27.0. The lowest BCUT2D eigenvalue weighted by Crippen LogP contribution is -1.96. The molecule has 0 saturated carbocycles. The highest BCUT2D eigenvalue weighted by molar-refractivity contribution is 6.20. The van der Waals surface area contributed by atoms with E-state index >= 15 is 0 Å². The van der Waals surface area contributed by atoms with E-state index in [0.717, 1.165) is 43.9 Å². The van der Waals surface area contributed by atoms with Gasteiger partial charge in [0.05, 0.1) is 16.7 Å². The Balaban J connectivity index is 1.18. The summed E-state index contributed by atoms with van der Waals surface area (Å²) in [4.78, 5) is 0. The maximum atomic E-state index is 6.35. The minimum atomic E-state index is 0.905. The molecule has 3 heteroatoms. The number of hydrogen-bond acceptors (Lipinski definition) is 2. The zero-order valence-electron chi connectivity index (χ0n) is 27.4. The molecule has 0 saturated heterocycles. The molecule has 0 N–H and O–H groups in total. The van der Waals surface area contributed by atoms with Crippen LogP contribution < -0.4 is 0 Å². The maximum absolute atomic E-state index is 6.35. The Bertz CT molecular complexity index is 3260. The maximum Gasteiger partial charge on any atom is 0.136 e. The number of fused-ring (bicyclic) bond motifs is 14. The quantitative estimate of drug-likeness (QED) is 0.187. The lowest BCUT2D eigenvalue weighted by atomic mass is 9.89. The van der Waals surface area contributed by atoms with Gasteiger partial charge in [-0.2, -0.15) is 0 Å². The number of rotatable bonds is 2. The summed E-state index contributed by atoms with van der Waals surface area (Å²) in [6.45, 7) is 0. The van der Waals surface area contributed by atoms with Gasteiger partial charge in [0.15, 0.2) is 0 Å². The third-order valence-corrected chi connectivity index (χ3v) is 10.9. The smallest absolute Gasteiger partial charge is 0.136 e. The number of para-hydroxylation sites is 3. The van der Waals surface area contributed by atoms with Gasteiger partial charge in [0.25, 0.3) is 0 Å². The monoisotopic (exact) mass is 649 g/mol. The van der Waals surface area contributed by atoms with Gasteiger partial charge in [-0.25, -0.2) is 0 Å². The standard InChI is InChI=1S/C48H27NO2/c1-2-12-33-32(11-1)37-25-28(30-16-9-21-44-46(30)35-14-4-7-19-42(35)50-44)23-24-41(37)49-40-18-6-3-13-34(40)39-27-29(26-38(33)48(39)49)31-17-10-22-45-47(31)36-15-5-8-20-43(36)51-45/h1-27H. The van der Waals surface area contributed by atoms with Crippen molar-refractivity contribution >= 4 is 65.7 Å².